The number of alkyl carbamates (subject to hydrolysis) is 1. The lowest BCUT2D eigenvalue weighted by atomic mass is 9.92. The molecule has 2 saturated heterocycles. The Morgan fingerprint density at radius 3 is 2.44 bits per heavy atom. The number of hydrogen-bond donors (Lipinski definition) is 2. The average Bonchev–Trinajstić information content (AvgIpc) is 2.58. The van der Waals surface area contributed by atoms with Crippen LogP contribution in [0.3, 0.4) is 0 Å². The largest absolute Gasteiger partial charge is 0.441 e. The van der Waals surface area contributed by atoms with Crippen LogP contribution in [0.2, 0.25) is 0 Å². The van der Waals surface area contributed by atoms with Gasteiger partial charge in [-0.2, -0.15) is 0 Å². The van der Waals surface area contributed by atoms with E-state index in [-0.39, 0.29) is 17.7 Å². The highest BCUT2D eigenvalue weighted by molar-refractivity contribution is 5.75. The molecule has 6 heteroatoms. The fourth-order valence-corrected chi connectivity index (χ4v) is 2.30. The number of nitrogens with one attached hydrogen (secondary N) is 2. The molecule has 6 nitrogen and oxygen atoms in total. The highest BCUT2D eigenvalue weighted by Crippen LogP contribution is 2.29. The highest BCUT2D eigenvalue weighted by atomic mass is 16.6. The number of piperidine rings is 1. The maximum absolute atomic E-state index is 12.0. The van der Waals surface area contributed by atoms with Crippen LogP contribution in [-0.4, -0.2) is 47.8 Å². The maximum atomic E-state index is 12.0. The summed E-state index contributed by atoms with van der Waals surface area (Å²) in [6.07, 6.45) is 1.05. The zero-order chi connectivity index (χ0) is 13.4. The Labute approximate surface area is 107 Å². The van der Waals surface area contributed by atoms with Gasteiger partial charge in [0.2, 0.25) is 0 Å². The van der Waals surface area contributed by atoms with E-state index in [9.17, 15) is 9.59 Å². The first kappa shape index (κ1) is 13.0. The number of ether oxygens (including phenoxy) is 1. The van der Waals surface area contributed by atoms with Gasteiger partial charge in [0.15, 0.2) is 0 Å². The van der Waals surface area contributed by atoms with Crippen LogP contribution in [0.5, 0.6) is 0 Å². The summed E-state index contributed by atoms with van der Waals surface area (Å²) < 4.78 is 5.31. The molecule has 0 bridgehead atoms. The molecule has 0 atom stereocenters. The lowest BCUT2D eigenvalue weighted by Crippen LogP contribution is -2.54. The zero-order valence-corrected chi connectivity index (χ0v) is 11.2. The van der Waals surface area contributed by atoms with E-state index in [0.29, 0.717) is 32.5 Å². The molecule has 2 heterocycles. The molecule has 2 rings (SSSR count). The fourth-order valence-electron chi connectivity index (χ4n) is 2.30. The van der Waals surface area contributed by atoms with Gasteiger partial charge in [-0.15, -0.1) is 0 Å². The van der Waals surface area contributed by atoms with Gasteiger partial charge in [-0.3, -0.25) is 0 Å². The SMILES string of the molecule is CC(C)(C)NC(=O)N1CCC2(CC1)CNC(=O)O2. The Hall–Kier alpha value is -1.46. The second kappa shape index (κ2) is 4.33. The minimum absolute atomic E-state index is 0.0466. The Bertz CT molecular complexity index is 354. The van der Waals surface area contributed by atoms with Gasteiger partial charge < -0.3 is 20.3 Å². The minimum atomic E-state index is -0.393. The third kappa shape index (κ3) is 2.86. The fraction of sp³-hybridized carbons (Fsp3) is 0.833. The summed E-state index contributed by atoms with van der Waals surface area (Å²) in [6, 6.07) is -0.0466. The number of carbonyl (C=O) groups is 2. The predicted octanol–water partition coefficient (Wildman–Crippen LogP) is 1.07. The molecule has 0 aliphatic carbocycles. The van der Waals surface area contributed by atoms with Crippen molar-refractivity contribution in [1.82, 2.24) is 15.5 Å². The standard InChI is InChI=1S/C12H21N3O3/c1-11(2,3)14-9(16)15-6-4-12(5-7-15)8-13-10(17)18-12/h4-8H2,1-3H3,(H,13,17)(H,14,16). The van der Waals surface area contributed by atoms with Crippen molar-refractivity contribution in [2.45, 2.75) is 44.8 Å². The molecule has 0 saturated carbocycles. The van der Waals surface area contributed by atoms with E-state index in [1.807, 2.05) is 20.8 Å². The number of carbonyl (C=O) groups excluding carboxylic acids is 2. The van der Waals surface area contributed by atoms with E-state index in [1.54, 1.807) is 4.90 Å². The molecule has 2 aliphatic heterocycles. The summed E-state index contributed by atoms with van der Waals surface area (Å²) >= 11 is 0. The van der Waals surface area contributed by atoms with Crippen molar-refractivity contribution in [3.63, 3.8) is 0 Å². The van der Waals surface area contributed by atoms with Crippen LogP contribution in [0, 0.1) is 0 Å². The quantitative estimate of drug-likeness (QED) is 0.680. The van der Waals surface area contributed by atoms with Crippen molar-refractivity contribution in [3.05, 3.63) is 0 Å². The average molecular weight is 255 g/mol. The second-order valence-corrected chi connectivity index (χ2v) is 6.09. The van der Waals surface area contributed by atoms with Gasteiger partial charge in [0.1, 0.15) is 5.60 Å². The van der Waals surface area contributed by atoms with Crippen molar-refractivity contribution >= 4 is 12.1 Å². The number of amides is 3. The van der Waals surface area contributed by atoms with Gasteiger partial charge in [0.05, 0.1) is 6.54 Å². The van der Waals surface area contributed by atoms with Crippen LogP contribution in [-0.2, 0) is 4.74 Å². The number of urea groups is 1. The van der Waals surface area contributed by atoms with Gasteiger partial charge in [0.25, 0.3) is 0 Å². The molecule has 0 aromatic heterocycles. The van der Waals surface area contributed by atoms with Gasteiger partial charge >= 0.3 is 12.1 Å². The van der Waals surface area contributed by atoms with E-state index in [1.165, 1.54) is 0 Å². The number of nitrogens with zero attached hydrogens (tertiary/aromatic N) is 1. The van der Waals surface area contributed by atoms with Crippen molar-refractivity contribution < 1.29 is 14.3 Å². The summed E-state index contributed by atoms with van der Waals surface area (Å²) in [5, 5.41) is 5.62. The number of rotatable bonds is 0. The lowest BCUT2D eigenvalue weighted by Gasteiger charge is -2.38. The number of likely N-dealkylation sites (tertiary alicyclic amines) is 1. The summed E-state index contributed by atoms with van der Waals surface area (Å²) in [5.41, 5.74) is -0.622. The Balaban J connectivity index is 1.87. The topological polar surface area (TPSA) is 70.7 Å². The normalized spacial score (nSPS) is 22.6. The number of hydrogen-bond acceptors (Lipinski definition) is 3. The van der Waals surface area contributed by atoms with Crippen LogP contribution in [0.25, 0.3) is 0 Å². The van der Waals surface area contributed by atoms with E-state index >= 15 is 0 Å². The van der Waals surface area contributed by atoms with E-state index < -0.39 is 5.60 Å². The summed E-state index contributed by atoms with van der Waals surface area (Å²) in [6.45, 7) is 7.67. The molecule has 0 aromatic rings. The van der Waals surface area contributed by atoms with E-state index in [2.05, 4.69) is 10.6 Å². The first-order valence-corrected chi connectivity index (χ1v) is 6.34. The molecule has 2 fully saturated rings. The molecule has 102 valence electrons. The molecular weight excluding hydrogens is 234 g/mol. The smallest absolute Gasteiger partial charge is 0.407 e. The van der Waals surface area contributed by atoms with Gasteiger partial charge in [-0.25, -0.2) is 9.59 Å². The summed E-state index contributed by atoms with van der Waals surface area (Å²) in [7, 11) is 0. The predicted molar refractivity (Wildman–Crippen MR) is 66.3 cm³/mol. The van der Waals surface area contributed by atoms with Crippen molar-refractivity contribution in [2.24, 2.45) is 0 Å². The Morgan fingerprint density at radius 1 is 1.39 bits per heavy atom. The van der Waals surface area contributed by atoms with Crippen molar-refractivity contribution in [1.29, 1.82) is 0 Å². The molecule has 3 amide bonds. The molecule has 0 aromatic carbocycles. The summed E-state index contributed by atoms with van der Waals surface area (Å²) in [4.78, 5) is 24.8. The Kier molecular flexibility index (Phi) is 3.12. The second-order valence-electron chi connectivity index (χ2n) is 6.09. The van der Waals surface area contributed by atoms with Crippen LogP contribution < -0.4 is 10.6 Å². The zero-order valence-electron chi connectivity index (χ0n) is 11.2. The molecule has 0 unspecified atom stereocenters. The monoisotopic (exact) mass is 255 g/mol. The minimum Gasteiger partial charge on any atom is -0.441 e. The van der Waals surface area contributed by atoms with Gasteiger partial charge in [0, 0.05) is 31.5 Å². The molecule has 0 radical (unpaired) electrons. The molecule has 1 spiro atoms. The van der Waals surface area contributed by atoms with Gasteiger partial charge in [-0.05, 0) is 20.8 Å². The van der Waals surface area contributed by atoms with E-state index in [0.717, 1.165) is 0 Å². The van der Waals surface area contributed by atoms with Crippen LogP contribution in [0.1, 0.15) is 33.6 Å². The first-order chi connectivity index (χ1) is 8.30. The van der Waals surface area contributed by atoms with Crippen molar-refractivity contribution in [3.8, 4) is 0 Å². The highest BCUT2D eigenvalue weighted by Gasteiger charge is 2.43. The lowest BCUT2D eigenvalue weighted by molar-refractivity contribution is 0.00932. The molecular formula is C12H21N3O3. The Morgan fingerprint density at radius 2 is 2.00 bits per heavy atom. The molecule has 2 aliphatic rings. The first-order valence-electron chi connectivity index (χ1n) is 6.34. The third-order valence-corrected chi connectivity index (χ3v) is 3.31. The van der Waals surface area contributed by atoms with Crippen molar-refractivity contribution in [2.75, 3.05) is 19.6 Å². The van der Waals surface area contributed by atoms with E-state index in [4.69, 9.17) is 4.74 Å². The van der Waals surface area contributed by atoms with Crippen LogP contribution >= 0.6 is 0 Å². The summed E-state index contributed by atoms with van der Waals surface area (Å²) in [5.74, 6) is 0. The molecule has 2 N–H and O–H groups in total. The third-order valence-electron chi connectivity index (χ3n) is 3.31. The van der Waals surface area contributed by atoms with Crippen LogP contribution in [0.15, 0.2) is 0 Å². The molecule has 18 heavy (non-hydrogen) atoms. The maximum Gasteiger partial charge on any atom is 0.407 e. The van der Waals surface area contributed by atoms with Crippen LogP contribution in [0.4, 0.5) is 9.59 Å². The van der Waals surface area contributed by atoms with Gasteiger partial charge in [-0.1, -0.05) is 0 Å².